The third-order valence-corrected chi connectivity index (χ3v) is 5.05. The Bertz CT molecular complexity index is 867. The second-order valence-corrected chi connectivity index (χ2v) is 7.26. The first-order valence-corrected chi connectivity index (χ1v) is 9.31. The molecule has 3 heterocycles. The normalized spacial score (nSPS) is 20.7. The van der Waals surface area contributed by atoms with Crippen LogP contribution in [0.5, 0.6) is 11.6 Å². The smallest absolute Gasteiger partial charge is 0.244 e. The van der Waals surface area contributed by atoms with Crippen molar-refractivity contribution < 1.29 is 14.3 Å². The van der Waals surface area contributed by atoms with Gasteiger partial charge in [-0.2, -0.15) is 4.98 Å². The quantitative estimate of drug-likeness (QED) is 0.778. The average Bonchev–Trinajstić information content (AvgIpc) is 2.65. The van der Waals surface area contributed by atoms with Crippen molar-refractivity contribution in [3.8, 4) is 11.6 Å². The van der Waals surface area contributed by atoms with Crippen LogP contribution < -0.4 is 25.0 Å². The van der Waals surface area contributed by atoms with Crippen LogP contribution in [0.25, 0.3) is 0 Å². The fraction of sp³-hybridized carbons (Fsp3) is 0.474. The van der Waals surface area contributed by atoms with Gasteiger partial charge in [-0.1, -0.05) is 0 Å². The van der Waals surface area contributed by atoms with Crippen molar-refractivity contribution in [2.45, 2.75) is 25.8 Å². The fourth-order valence-electron chi connectivity index (χ4n) is 3.47. The third-order valence-electron chi connectivity index (χ3n) is 5.05. The van der Waals surface area contributed by atoms with Crippen LogP contribution in [0.1, 0.15) is 18.5 Å². The van der Waals surface area contributed by atoms with E-state index < -0.39 is 0 Å². The van der Waals surface area contributed by atoms with Gasteiger partial charge in [0.25, 0.3) is 0 Å². The molecule has 2 aromatic rings. The maximum Gasteiger partial charge on any atom is 0.244 e. The highest BCUT2D eigenvalue weighted by molar-refractivity contribution is 6.00. The number of likely N-dealkylation sites (N-methyl/N-ethyl adjacent to an activating group) is 1. The topological polar surface area (TPSA) is 102 Å². The summed E-state index contributed by atoms with van der Waals surface area (Å²) >= 11 is 0. The van der Waals surface area contributed by atoms with Gasteiger partial charge in [-0.15, -0.1) is 0 Å². The summed E-state index contributed by atoms with van der Waals surface area (Å²) in [5, 5.41) is 6.25. The lowest BCUT2D eigenvalue weighted by Crippen LogP contribution is -2.40. The van der Waals surface area contributed by atoms with Gasteiger partial charge in [0.15, 0.2) is 5.82 Å². The monoisotopic (exact) mass is 384 g/mol. The summed E-state index contributed by atoms with van der Waals surface area (Å²) < 4.78 is 10.8. The Morgan fingerprint density at radius 3 is 2.86 bits per heavy atom. The number of methoxy groups -OCH3 is 1. The van der Waals surface area contributed by atoms with Gasteiger partial charge in [-0.25, -0.2) is 9.97 Å². The number of rotatable bonds is 6. The van der Waals surface area contributed by atoms with Gasteiger partial charge >= 0.3 is 0 Å². The second-order valence-electron chi connectivity index (χ2n) is 7.26. The number of anilines is 3. The Morgan fingerprint density at radius 1 is 1.32 bits per heavy atom. The Hall–Kier alpha value is -3.10. The van der Waals surface area contributed by atoms with Crippen molar-refractivity contribution in [3.63, 3.8) is 0 Å². The number of aromatic nitrogens is 3. The summed E-state index contributed by atoms with van der Waals surface area (Å²) in [5.74, 6) is 3.11. The molecule has 1 saturated carbocycles. The number of carbonyl (C=O) groups excluding carboxylic acids is 1. The van der Waals surface area contributed by atoms with Gasteiger partial charge in [0.2, 0.25) is 17.7 Å². The Balaban J connectivity index is 1.29. The van der Waals surface area contributed by atoms with Crippen LogP contribution in [-0.2, 0) is 4.79 Å². The van der Waals surface area contributed by atoms with Crippen LogP contribution in [0.4, 0.5) is 17.5 Å². The maximum atomic E-state index is 11.7. The van der Waals surface area contributed by atoms with E-state index in [1.165, 1.54) is 0 Å². The first-order valence-electron chi connectivity index (χ1n) is 9.31. The van der Waals surface area contributed by atoms with Gasteiger partial charge in [-0.3, -0.25) is 4.79 Å². The van der Waals surface area contributed by atoms with Crippen LogP contribution in [0.2, 0.25) is 0 Å². The van der Waals surface area contributed by atoms with Gasteiger partial charge < -0.3 is 25.0 Å². The molecule has 0 radical (unpaired) electrons. The van der Waals surface area contributed by atoms with Crippen molar-refractivity contribution in [1.29, 1.82) is 0 Å². The van der Waals surface area contributed by atoms with Crippen molar-refractivity contribution in [3.05, 3.63) is 24.0 Å². The van der Waals surface area contributed by atoms with Gasteiger partial charge in [0.1, 0.15) is 11.4 Å². The number of carbonyl (C=O) groups is 1. The molecule has 2 aromatic heterocycles. The van der Waals surface area contributed by atoms with Crippen molar-refractivity contribution in [2.24, 2.45) is 5.92 Å². The van der Waals surface area contributed by atoms with E-state index in [2.05, 4.69) is 25.6 Å². The van der Waals surface area contributed by atoms with Crippen molar-refractivity contribution in [2.75, 3.05) is 42.8 Å². The molecule has 0 spiro atoms. The lowest BCUT2D eigenvalue weighted by atomic mass is 9.81. The highest BCUT2D eigenvalue weighted by atomic mass is 16.5. The highest BCUT2D eigenvalue weighted by Gasteiger charge is 2.31. The van der Waals surface area contributed by atoms with E-state index >= 15 is 0 Å². The predicted octanol–water partition coefficient (Wildman–Crippen LogP) is 1.85. The number of hydrogen-bond donors (Lipinski definition) is 2. The van der Waals surface area contributed by atoms with Crippen LogP contribution in [-0.4, -0.2) is 54.2 Å². The van der Waals surface area contributed by atoms with Gasteiger partial charge in [0.05, 0.1) is 32.2 Å². The molecular formula is C19H24N6O3. The zero-order valence-electron chi connectivity index (χ0n) is 16.2. The number of hydrogen-bond acceptors (Lipinski definition) is 8. The van der Waals surface area contributed by atoms with E-state index in [-0.39, 0.29) is 5.91 Å². The molecule has 1 aliphatic carbocycles. The minimum absolute atomic E-state index is 0.0451. The fourth-order valence-corrected chi connectivity index (χ4v) is 3.47. The molecule has 2 N–H and O–H groups in total. The van der Waals surface area contributed by atoms with E-state index in [4.69, 9.17) is 9.47 Å². The zero-order chi connectivity index (χ0) is 19.7. The predicted molar refractivity (Wildman–Crippen MR) is 105 cm³/mol. The molecule has 2 aliphatic rings. The summed E-state index contributed by atoms with van der Waals surface area (Å²) in [7, 11) is 3.45. The Morgan fingerprint density at radius 2 is 2.14 bits per heavy atom. The summed E-state index contributed by atoms with van der Waals surface area (Å²) in [6.07, 6.45) is 3.66. The summed E-state index contributed by atoms with van der Waals surface area (Å²) in [6, 6.07) is 3.97. The molecular weight excluding hydrogens is 360 g/mol. The molecule has 1 amide bonds. The number of aryl methyl sites for hydroxylation is 1. The standard InChI is InChI=1S/C19H24N6O3/c1-11-17-18(25(2)9-15(26)23-17)24-19(21-11)22-13-6-12(7-13)10-28-14-4-5-16(27-3)20-8-14/h4-5,8,12-13H,6-7,9-10H2,1-3H3,(H,23,26)(H,21,22,24). The van der Waals surface area contributed by atoms with Crippen LogP contribution in [0.15, 0.2) is 18.3 Å². The SMILES string of the molecule is COc1ccc(OCC2CC(Nc3nc(C)c4c(n3)N(C)CC(=O)N4)C2)cn1. The van der Waals surface area contributed by atoms with E-state index in [1.54, 1.807) is 19.4 Å². The molecule has 0 saturated heterocycles. The summed E-state index contributed by atoms with van der Waals surface area (Å²) in [5.41, 5.74) is 1.45. The third kappa shape index (κ3) is 3.78. The number of nitrogens with zero attached hydrogens (tertiary/aromatic N) is 4. The van der Waals surface area contributed by atoms with Crippen molar-refractivity contribution in [1.82, 2.24) is 15.0 Å². The first kappa shape index (κ1) is 18.3. The first-order chi connectivity index (χ1) is 13.5. The molecule has 1 aliphatic heterocycles. The summed E-state index contributed by atoms with van der Waals surface area (Å²) in [6.45, 7) is 2.84. The lowest BCUT2D eigenvalue weighted by molar-refractivity contribution is -0.115. The molecule has 148 valence electrons. The molecule has 28 heavy (non-hydrogen) atoms. The molecule has 0 unspecified atom stereocenters. The highest BCUT2D eigenvalue weighted by Crippen LogP contribution is 2.33. The van der Waals surface area contributed by atoms with E-state index in [1.807, 2.05) is 24.9 Å². The number of nitrogens with one attached hydrogen (secondary N) is 2. The minimum Gasteiger partial charge on any atom is -0.492 e. The van der Waals surface area contributed by atoms with E-state index in [0.29, 0.717) is 42.6 Å². The van der Waals surface area contributed by atoms with Gasteiger partial charge in [-0.05, 0) is 31.7 Å². The molecule has 1 fully saturated rings. The molecule has 0 atom stereocenters. The number of pyridine rings is 1. The van der Waals surface area contributed by atoms with Crippen molar-refractivity contribution >= 4 is 23.4 Å². The molecule has 4 rings (SSSR count). The molecule has 9 nitrogen and oxygen atoms in total. The van der Waals surface area contributed by atoms with Crippen LogP contribution in [0, 0.1) is 12.8 Å². The average molecular weight is 384 g/mol. The number of amides is 1. The molecule has 0 bridgehead atoms. The largest absolute Gasteiger partial charge is 0.492 e. The van der Waals surface area contributed by atoms with Gasteiger partial charge in [0, 0.05) is 19.2 Å². The molecule has 0 aromatic carbocycles. The summed E-state index contributed by atoms with van der Waals surface area (Å²) in [4.78, 5) is 26.8. The van der Waals surface area contributed by atoms with E-state index in [0.717, 1.165) is 30.1 Å². The maximum absolute atomic E-state index is 11.7. The number of ether oxygens (including phenoxy) is 2. The van der Waals surface area contributed by atoms with Crippen LogP contribution in [0.3, 0.4) is 0 Å². The Labute approximate surface area is 163 Å². The van der Waals surface area contributed by atoms with E-state index in [9.17, 15) is 4.79 Å². The second kappa shape index (κ2) is 7.49. The van der Waals surface area contributed by atoms with Crippen LogP contribution >= 0.6 is 0 Å². The lowest BCUT2D eigenvalue weighted by Gasteiger charge is -2.36. The molecule has 9 heteroatoms. The minimum atomic E-state index is -0.0451. The zero-order valence-corrected chi connectivity index (χ0v) is 16.2. The number of fused-ring (bicyclic) bond motifs is 1. The Kier molecular flexibility index (Phi) is 4.89.